The minimum Gasteiger partial charge on any atom is -0.497 e. The highest BCUT2D eigenvalue weighted by Gasteiger charge is 2.08. The molecule has 0 aliphatic rings. The highest BCUT2D eigenvalue weighted by atomic mass is 32.2. The molecule has 8 heteroatoms. The van der Waals surface area contributed by atoms with Gasteiger partial charge in [0.2, 0.25) is 5.91 Å². The number of carbonyl (C=O) groups excluding carboxylic acids is 1. The van der Waals surface area contributed by atoms with E-state index in [0.717, 1.165) is 10.2 Å². The van der Waals surface area contributed by atoms with Gasteiger partial charge in [0.05, 0.1) is 18.5 Å². The number of methoxy groups -OCH3 is 1. The van der Waals surface area contributed by atoms with Crippen LogP contribution in [0, 0.1) is 6.92 Å². The molecule has 0 saturated heterocycles. The number of carbonyl (C=O) groups is 1. The normalized spacial score (nSPS) is 10.4. The van der Waals surface area contributed by atoms with Gasteiger partial charge in [0.25, 0.3) is 0 Å². The van der Waals surface area contributed by atoms with Crippen LogP contribution in [0.5, 0.6) is 5.75 Å². The molecule has 0 unspecified atom stereocenters. The van der Waals surface area contributed by atoms with Crippen molar-refractivity contribution in [1.29, 1.82) is 0 Å². The van der Waals surface area contributed by atoms with Crippen LogP contribution in [0.3, 0.4) is 0 Å². The molecule has 1 aromatic carbocycles. The zero-order valence-corrected chi connectivity index (χ0v) is 13.4. The number of amides is 1. The maximum atomic E-state index is 11.9. The fourth-order valence-corrected chi connectivity index (χ4v) is 3.22. The molecule has 6 nitrogen and oxygen atoms in total. The van der Waals surface area contributed by atoms with E-state index in [0.29, 0.717) is 29.3 Å². The number of aryl methyl sites for hydroxylation is 1. The Hall–Kier alpha value is -1.80. The molecule has 0 aliphatic carbocycles. The maximum Gasteiger partial charge on any atom is 0.225 e. The van der Waals surface area contributed by atoms with Crippen LogP contribution < -0.4 is 15.8 Å². The number of hydrogen-bond acceptors (Lipinski definition) is 7. The lowest BCUT2D eigenvalue weighted by molar-refractivity contribution is -0.115. The van der Waals surface area contributed by atoms with E-state index in [-0.39, 0.29) is 5.91 Å². The molecule has 0 radical (unpaired) electrons. The van der Waals surface area contributed by atoms with E-state index >= 15 is 0 Å². The highest BCUT2D eigenvalue weighted by Crippen LogP contribution is 2.25. The lowest BCUT2D eigenvalue weighted by Crippen LogP contribution is -2.13. The Kier molecular flexibility index (Phi) is 5.40. The summed E-state index contributed by atoms with van der Waals surface area (Å²) in [6.45, 7) is 1.85. The van der Waals surface area contributed by atoms with Crippen LogP contribution in [0.4, 0.5) is 11.4 Å². The zero-order valence-electron chi connectivity index (χ0n) is 11.8. The number of rotatable bonds is 6. The summed E-state index contributed by atoms with van der Waals surface area (Å²) >= 11 is 2.87. The van der Waals surface area contributed by atoms with Gasteiger partial charge in [-0.25, -0.2) is 4.98 Å². The number of thioether (sulfide) groups is 1. The van der Waals surface area contributed by atoms with Gasteiger partial charge in [-0.3, -0.25) is 4.79 Å². The lowest BCUT2D eigenvalue weighted by atomic mass is 10.2. The standard InChI is InChI=1S/C13H16N4O2S2/c1-8-15-13(21-17-8)20-6-5-12(18)16-11-4-3-9(19-2)7-10(11)14/h3-4,7H,5-6,14H2,1-2H3,(H,16,18). The van der Waals surface area contributed by atoms with Crippen LogP contribution in [0.15, 0.2) is 22.5 Å². The summed E-state index contributed by atoms with van der Waals surface area (Å²) in [6.07, 6.45) is 0.384. The minimum atomic E-state index is -0.0828. The monoisotopic (exact) mass is 324 g/mol. The van der Waals surface area contributed by atoms with Crippen molar-refractivity contribution in [2.75, 3.05) is 23.9 Å². The summed E-state index contributed by atoms with van der Waals surface area (Å²) in [4.78, 5) is 16.1. The van der Waals surface area contributed by atoms with Crippen molar-refractivity contribution < 1.29 is 9.53 Å². The number of nitrogens with one attached hydrogen (secondary N) is 1. The van der Waals surface area contributed by atoms with Crippen molar-refractivity contribution in [1.82, 2.24) is 9.36 Å². The van der Waals surface area contributed by atoms with Crippen molar-refractivity contribution in [3.05, 3.63) is 24.0 Å². The molecule has 0 bridgehead atoms. The van der Waals surface area contributed by atoms with E-state index < -0.39 is 0 Å². The van der Waals surface area contributed by atoms with Gasteiger partial charge in [-0.2, -0.15) is 4.37 Å². The Labute approximate surface area is 131 Å². The van der Waals surface area contributed by atoms with Crippen molar-refractivity contribution in [2.45, 2.75) is 17.7 Å². The molecule has 0 atom stereocenters. The number of nitrogen functional groups attached to an aromatic ring is 1. The molecular weight excluding hydrogens is 308 g/mol. The van der Waals surface area contributed by atoms with Crippen molar-refractivity contribution in [3.63, 3.8) is 0 Å². The molecule has 2 rings (SSSR count). The molecule has 21 heavy (non-hydrogen) atoms. The Morgan fingerprint density at radius 1 is 1.52 bits per heavy atom. The summed E-state index contributed by atoms with van der Waals surface area (Å²) in [5, 5.41) is 2.79. The predicted octanol–water partition coefficient (Wildman–Crippen LogP) is 2.56. The zero-order chi connectivity index (χ0) is 15.2. The van der Waals surface area contributed by atoms with Gasteiger partial charge in [0, 0.05) is 18.2 Å². The first-order chi connectivity index (χ1) is 10.1. The molecule has 3 N–H and O–H groups in total. The Bertz CT molecular complexity index is 630. The average molecular weight is 324 g/mol. The smallest absolute Gasteiger partial charge is 0.225 e. The van der Waals surface area contributed by atoms with E-state index in [1.807, 2.05) is 6.92 Å². The van der Waals surface area contributed by atoms with Crippen LogP contribution in [-0.4, -0.2) is 28.1 Å². The molecule has 2 aromatic rings. The predicted molar refractivity (Wildman–Crippen MR) is 86.0 cm³/mol. The molecule has 0 spiro atoms. The van der Waals surface area contributed by atoms with Crippen molar-refractivity contribution in [3.8, 4) is 5.75 Å². The summed E-state index contributed by atoms with van der Waals surface area (Å²) in [5.74, 6) is 1.99. The highest BCUT2D eigenvalue weighted by molar-refractivity contribution is 8.00. The Morgan fingerprint density at radius 3 is 2.95 bits per heavy atom. The summed E-state index contributed by atoms with van der Waals surface area (Å²) in [5.41, 5.74) is 6.93. The van der Waals surface area contributed by atoms with E-state index in [4.69, 9.17) is 10.5 Å². The van der Waals surface area contributed by atoms with Gasteiger partial charge in [-0.15, -0.1) is 0 Å². The van der Waals surface area contributed by atoms with Gasteiger partial charge in [0.15, 0.2) is 4.34 Å². The summed E-state index contributed by atoms with van der Waals surface area (Å²) in [7, 11) is 1.57. The fraction of sp³-hybridized carbons (Fsp3) is 0.308. The van der Waals surface area contributed by atoms with E-state index in [1.165, 1.54) is 23.3 Å². The topological polar surface area (TPSA) is 90.1 Å². The number of hydrogen-bond donors (Lipinski definition) is 2. The van der Waals surface area contributed by atoms with Gasteiger partial charge < -0.3 is 15.8 Å². The number of anilines is 2. The molecule has 1 aromatic heterocycles. The van der Waals surface area contributed by atoms with Crippen LogP contribution in [-0.2, 0) is 4.79 Å². The third kappa shape index (κ3) is 4.61. The quantitative estimate of drug-likeness (QED) is 0.627. The van der Waals surface area contributed by atoms with Gasteiger partial charge >= 0.3 is 0 Å². The number of aromatic nitrogens is 2. The minimum absolute atomic E-state index is 0.0828. The Balaban J connectivity index is 1.81. The summed E-state index contributed by atoms with van der Waals surface area (Å²) < 4.78 is 10.0. The summed E-state index contributed by atoms with van der Waals surface area (Å²) in [6, 6.07) is 5.16. The SMILES string of the molecule is COc1ccc(NC(=O)CCSc2nc(C)ns2)c(N)c1. The average Bonchev–Trinajstić information content (AvgIpc) is 2.86. The van der Waals surface area contributed by atoms with E-state index in [2.05, 4.69) is 14.7 Å². The third-order valence-electron chi connectivity index (χ3n) is 2.60. The first kappa shape index (κ1) is 15.6. The first-order valence-corrected chi connectivity index (χ1v) is 8.01. The van der Waals surface area contributed by atoms with Crippen LogP contribution in [0.2, 0.25) is 0 Å². The molecule has 1 amide bonds. The van der Waals surface area contributed by atoms with E-state index in [1.54, 1.807) is 25.3 Å². The largest absolute Gasteiger partial charge is 0.497 e. The molecule has 112 valence electrons. The second-order valence-corrected chi connectivity index (χ2v) is 6.30. The van der Waals surface area contributed by atoms with Gasteiger partial charge in [-0.1, -0.05) is 11.8 Å². The van der Waals surface area contributed by atoms with Crippen LogP contribution in [0.25, 0.3) is 0 Å². The fourth-order valence-electron chi connectivity index (χ4n) is 1.56. The second-order valence-electron chi connectivity index (χ2n) is 4.21. The third-order valence-corrected chi connectivity index (χ3v) is 4.52. The molecule has 0 fully saturated rings. The lowest BCUT2D eigenvalue weighted by Gasteiger charge is -2.09. The van der Waals surface area contributed by atoms with Crippen LogP contribution >= 0.6 is 23.3 Å². The number of nitrogens with two attached hydrogens (primary N) is 1. The number of benzene rings is 1. The number of ether oxygens (including phenoxy) is 1. The first-order valence-electron chi connectivity index (χ1n) is 6.25. The Morgan fingerprint density at radius 2 is 2.33 bits per heavy atom. The van der Waals surface area contributed by atoms with Crippen molar-refractivity contribution in [2.24, 2.45) is 0 Å². The molecule has 1 heterocycles. The van der Waals surface area contributed by atoms with E-state index in [9.17, 15) is 4.79 Å². The molecule has 0 aliphatic heterocycles. The van der Waals surface area contributed by atoms with Crippen LogP contribution in [0.1, 0.15) is 12.2 Å². The maximum absolute atomic E-state index is 11.9. The molecular formula is C13H16N4O2S2. The second kappa shape index (κ2) is 7.28. The van der Waals surface area contributed by atoms with Gasteiger partial charge in [-0.05, 0) is 30.6 Å². The molecule has 0 saturated carbocycles. The number of nitrogens with zero attached hydrogens (tertiary/aromatic N) is 2. The van der Waals surface area contributed by atoms with Crippen molar-refractivity contribution >= 4 is 40.6 Å². The van der Waals surface area contributed by atoms with Gasteiger partial charge in [0.1, 0.15) is 11.6 Å².